The van der Waals surface area contributed by atoms with E-state index < -0.39 is 5.82 Å². The molecule has 176 valence electrons. The van der Waals surface area contributed by atoms with Crippen LogP contribution >= 0.6 is 0 Å². The van der Waals surface area contributed by atoms with Gasteiger partial charge in [0.05, 0.1) is 11.8 Å². The van der Waals surface area contributed by atoms with Crippen molar-refractivity contribution in [1.29, 1.82) is 0 Å². The molecule has 0 saturated heterocycles. The molecule has 0 bridgehead atoms. The van der Waals surface area contributed by atoms with E-state index >= 15 is 0 Å². The minimum atomic E-state index is -0.441. The van der Waals surface area contributed by atoms with Gasteiger partial charge in [0.2, 0.25) is 11.8 Å². The minimum Gasteiger partial charge on any atom is -0.421 e. The minimum absolute atomic E-state index is 0.0276. The van der Waals surface area contributed by atoms with E-state index in [0.717, 1.165) is 38.7 Å². The fourth-order valence-corrected chi connectivity index (χ4v) is 3.92. The van der Waals surface area contributed by atoms with Gasteiger partial charge in [-0.3, -0.25) is 14.5 Å². The van der Waals surface area contributed by atoms with E-state index in [9.17, 15) is 9.18 Å². The molecule has 3 heterocycles. The third-order valence-corrected chi connectivity index (χ3v) is 5.89. The number of hydrogen-bond donors (Lipinski definition) is 0. The van der Waals surface area contributed by atoms with Gasteiger partial charge in [0.1, 0.15) is 12.4 Å². The number of aromatic nitrogens is 5. The lowest BCUT2D eigenvalue weighted by atomic mass is 9.96. The van der Waals surface area contributed by atoms with Crippen molar-refractivity contribution in [1.82, 2.24) is 29.9 Å². The summed E-state index contributed by atoms with van der Waals surface area (Å²) in [5, 5.41) is 13.7. The first-order valence-electron chi connectivity index (χ1n) is 11.0. The van der Waals surface area contributed by atoms with Crippen molar-refractivity contribution in [3.63, 3.8) is 0 Å². The van der Waals surface area contributed by atoms with Crippen LogP contribution in [-0.4, -0.2) is 49.9 Å². The second-order valence-electron chi connectivity index (χ2n) is 8.55. The van der Waals surface area contributed by atoms with Gasteiger partial charge in [-0.1, -0.05) is 24.3 Å². The third kappa shape index (κ3) is 4.28. The number of amides is 1. The van der Waals surface area contributed by atoms with Crippen LogP contribution in [-0.2, 0) is 11.3 Å². The van der Waals surface area contributed by atoms with Crippen molar-refractivity contribution in [2.24, 2.45) is 0 Å². The molecule has 0 atom stereocenters. The summed E-state index contributed by atoms with van der Waals surface area (Å²) in [5.41, 5.74) is 4.65. The number of pyridine rings is 1. The molecule has 0 aliphatic rings. The number of rotatable bonds is 5. The van der Waals surface area contributed by atoms with E-state index in [2.05, 4.69) is 20.3 Å². The van der Waals surface area contributed by atoms with Crippen molar-refractivity contribution >= 4 is 16.7 Å². The Morgan fingerprint density at radius 3 is 2.40 bits per heavy atom. The highest BCUT2D eigenvalue weighted by Gasteiger charge is 2.17. The lowest BCUT2D eigenvalue weighted by molar-refractivity contribution is -0.129. The average molecular weight is 471 g/mol. The first-order valence-corrected chi connectivity index (χ1v) is 11.0. The molecule has 2 aromatic carbocycles. The Bertz CT molecular complexity index is 1550. The quantitative estimate of drug-likeness (QED) is 0.371. The average Bonchev–Trinajstić information content (AvgIpc) is 3.48. The summed E-state index contributed by atoms with van der Waals surface area (Å²) in [6, 6.07) is 11.2. The normalized spacial score (nSPS) is 11.2. The highest BCUT2D eigenvalue weighted by molar-refractivity contribution is 5.99. The molecule has 0 N–H and O–H groups in total. The predicted molar refractivity (Wildman–Crippen MR) is 130 cm³/mol. The van der Waals surface area contributed by atoms with Crippen molar-refractivity contribution in [3.8, 4) is 33.7 Å². The maximum absolute atomic E-state index is 14.9. The second kappa shape index (κ2) is 8.75. The van der Waals surface area contributed by atoms with Crippen LogP contribution in [0.3, 0.4) is 0 Å². The molecule has 0 fully saturated rings. The zero-order chi connectivity index (χ0) is 24.7. The van der Waals surface area contributed by atoms with E-state index in [1.165, 1.54) is 11.0 Å². The number of hydrogen-bond acceptors (Lipinski definition) is 6. The third-order valence-electron chi connectivity index (χ3n) is 5.89. The summed E-state index contributed by atoms with van der Waals surface area (Å²) < 4.78 is 22.0. The number of benzene rings is 2. The first kappa shape index (κ1) is 22.4. The molecule has 5 rings (SSSR count). The zero-order valence-corrected chi connectivity index (χ0v) is 19.8. The zero-order valence-electron chi connectivity index (χ0n) is 19.8. The number of carbonyl (C=O) groups is 1. The maximum atomic E-state index is 14.9. The topological polar surface area (TPSA) is 89.9 Å². The molecule has 0 saturated carbocycles. The number of nitrogens with zero attached hydrogens (tertiary/aromatic N) is 6. The molecule has 5 aromatic rings. The summed E-state index contributed by atoms with van der Waals surface area (Å²) in [4.78, 5) is 18.0. The predicted octanol–water partition coefficient (Wildman–Crippen LogP) is 4.66. The molecule has 0 radical (unpaired) electrons. The molecule has 9 heteroatoms. The molecule has 8 nitrogen and oxygen atoms in total. The maximum Gasteiger partial charge on any atom is 0.250 e. The van der Waals surface area contributed by atoms with Gasteiger partial charge in [-0.15, -0.1) is 10.2 Å². The summed E-state index contributed by atoms with van der Waals surface area (Å²) in [6.07, 6.45) is 5.38. The van der Waals surface area contributed by atoms with E-state index in [1.807, 2.05) is 37.4 Å². The standard InChI is InChI=1S/C26H23FN6O2/c1-15-20-10-24(27)22(26-31-30-16(2)35-26)9-21(20)23(12-28-15)18-7-5-17(6-8-18)19-11-29-33(13-19)14-25(34)32(3)4/h5-13H,14H2,1-4H3. The first-order chi connectivity index (χ1) is 16.8. The van der Waals surface area contributed by atoms with Crippen LogP contribution in [0.25, 0.3) is 44.5 Å². The molecular weight excluding hydrogens is 447 g/mol. The molecule has 0 unspecified atom stereocenters. The molecule has 1 amide bonds. The van der Waals surface area contributed by atoms with Gasteiger partial charge < -0.3 is 9.32 Å². The fourth-order valence-electron chi connectivity index (χ4n) is 3.92. The number of halogens is 1. The number of likely N-dealkylation sites (N-methyl/N-ethyl adjacent to an activating group) is 1. The van der Waals surface area contributed by atoms with Gasteiger partial charge in [0.15, 0.2) is 0 Å². The molecule has 0 spiro atoms. The Hall–Kier alpha value is -4.40. The number of aryl methyl sites for hydroxylation is 2. The number of carbonyl (C=O) groups excluding carboxylic acids is 1. The van der Waals surface area contributed by atoms with Crippen molar-refractivity contribution in [3.05, 3.63) is 72.4 Å². The molecule has 0 aliphatic heterocycles. The highest BCUT2D eigenvalue weighted by atomic mass is 19.1. The largest absolute Gasteiger partial charge is 0.421 e. The molecule has 35 heavy (non-hydrogen) atoms. The summed E-state index contributed by atoms with van der Waals surface area (Å²) in [7, 11) is 3.44. The van der Waals surface area contributed by atoms with E-state index in [0.29, 0.717) is 5.89 Å². The van der Waals surface area contributed by atoms with Crippen LogP contribution in [0.4, 0.5) is 4.39 Å². The van der Waals surface area contributed by atoms with E-state index in [1.54, 1.807) is 44.2 Å². The van der Waals surface area contributed by atoms with Crippen LogP contribution in [0.15, 0.2) is 59.4 Å². The second-order valence-corrected chi connectivity index (χ2v) is 8.55. The van der Waals surface area contributed by atoms with Gasteiger partial charge in [-0.25, -0.2) is 4.39 Å². The summed E-state index contributed by atoms with van der Waals surface area (Å²) in [6.45, 7) is 3.70. The Morgan fingerprint density at radius 2 is 1.71 bits per heavy atom. The fraction of sp³-hybridized carbons (Fsp3) is 0.192. The smallest absolute Gasteiger partial charge is 0.250 e. The lowest BCUT2D eigenvalue weighted by Crippen LogP contribution is -2.26. The SMILES string of the molecule is Cc1nnc(-c2cc3c(-c4ccc(-c5cnn(CC(=O)N(C)C)c5)cc4)cnc(C)c3cc2F)o1. The highest BCUT2D eigenvalue weighted by Crippen LogP contribution is 2.35. The summed E-state index contributed by atoms with van der Waals surface area (Å²) >= 11 is 0. The Balaban J connectivity index is 1.52. The van der Waals surface area contributed by atoms with Crippen LogP contribution in [0.5, 0.6) is 0 Å². The Morgan fingerprint density at radius 1 is 0.971 bits per heavy atom. The van der Waals surface area contributed by atoms with Crippen LogP contribution in [0, 0.1) is 19.7 Å². The molecule has 0 aliphatic carbocycles. The van der Waals surface area contributed by atoms with Gasteiger partial charge in [0.25, 0.3) is 5.89 Å². The van der Waals surface area contributed by atoms with Crippen LogP contribution in [0.1, 0.15) is 11.6 Å². The van der Waals surface area contributed by atoms with E-state index in [-0.39, 0.29) is 23.9 Å². The lowest BCUT2D eigenvalue weighted by Gasteiger charge is -2.11. The van der Waals surface area contributed by atoms with Crippen molar-refractivity contribution < 1.29 is 13.6 Å². The molecular formula is C26H23FN6O2. The van der Waals surface area contributed by atoms with Gasteiger partial charge in [0, 0.05) is 55.6 Å². The molecule has 3 aromatic heterocycles. The van der Waals surface area contributed by atoms with Crippen LogP contribution in [0.2, 0.25) is 0 Å². The van der Waals surface area contributed by atoms with Gasteiger partial charge in [-0.05, 0) is 35.6 Å². The van der Waals surface area contributed by atoms with Crippen molar-refractivity contribution in [2.45, 2.75) is 20.4 Å². The number of fused-ring (bicyclic) bond motifs is 1. The van der Waals surface area contributed by atoms with Crippen LogP contribution < -0.4 is 0 Å². The van der Waals surface area contributed by atoms with Crippen molar-refractivity contribution in [2.75, 3.05) is 14.1 Å². The van der Waals surface area contributed by atoms with Gasteiger partial charge >= 0.3 is 0 Å². The monoisotopic (exact) mass is 470 g/mol. The van der Waals surface area contributed by atoms with E-state index in [4.69, 9.17) is 4.42 Å². The Labute approximate surface area is 201 Å². The Kier molecular flexibility index (Phi) is 5.60. The summed E-state index contributed by atoms with van der Waals surface area (Å²) in [5.74, 6) is 0.0431. The van der Waals surface area contributed by atoms with Gasteiger partial charge in [-0.2, -0.15) is 5.10 Å².